The maximum atomic E-state index is 5.44. The highest BCUT2D eigenvalue weighted by Gasteiger charge is 2.22. The van der Waals surface area contributed by atoms with Gasteiger partial charge in [-0.05, 0) is 44.3 Å². The Morgan fingerprint density at radius 2 is 1.58 bits per heavy atom. The molecule has 0 aromatic carbocycles. The molecule has 2 aliphatic heterocycles. The molecule has 1 atom stereocenters. The van der Waals surface area contributed by atoms with Crippen molar-refractivity contribution >= 4 is 0 Å². The van der Waals surface area contributed by atoms with Crippen molar-refractivity contribution < 1.29 is 4.74 Å². The fourth-order valence-electron chi connectivity index (χ4n) is 3.95. The van der Waals surface area contributed by atoms with Crippen molar-refractivity contribution in [2.45, 2.75) is 33.6 Å². The normalized spacial score (nSPS) is 28.0. The van der Waals surface area contributed by atoms with Gasteiger partial charge in [0.25, 0.3) is 0 Å². The molecule has 2 heterocycles. The van der Waals surface area contributed by atoms with Crippen LogP contribution in [-0.2, 0) is 4.74 Å². The molecule has 3 aliphatic rings. The first-order valence-electron chi connectivity index (χ1n) is 9.79. The van der Waals surface area contributed by atoms with Gasteiger partial charge in [-0.3, -0.25) is 9.80 Å². The molecular formula is C20H35N3O. The molecule has 0 spiro atoms. The average molecular weight is 334 g/mol. The molecule has 0 radical (unpaired) electrons. The lowest BCUT2D eigenvalue weighted by Crippen LogP contribution is -2.49. The van der Waals surface area contributed by atoms with E-state index in [-0.39, 0.29) is 0 Å². The van der Waals surface area contributed by atoms with Crippen molar-refractivity contribution in [3.05, 3.63) is 22.9 Å². The van der Waals surface area contributed by atoms with Crippen molar-refractivity contribution in [3.63, 3.8) is 0 Å². The van der Waals surface area contributed by atoms with E-state index < -0.39 is 0 Å². The molecule has 1 unspecified atom stereocenters. The molecular weight excluding hydrogens is 298 g/mol. The number of hydrogen-bond acceptors (Lipinski definition) is 4. The number of ether oxygens (including phenoxy) is 1. The van der Waals surface area contributed by atoms with Gasteiger partial charge in [0.2, 0.25) is 0 Å². The predicted octanol–water partition coefficient (Wildman–Crippen LogP) is 2.59. The lowest BCUT2D eigenvalue weighted by Gasteiger charge is -2.38. The summed E-state index contributed by atoms with van der Waals surface area (Å²) in [4.78, 5) is 7.81. The molecule has 24 heavy (non-hydrogen) atoms. The van der Waals surface area contributed by atoms with Crippen LogP contribution in [0.15, 0.2) is 22.9 Å². The Labute approximate surface area is 148 Å². The van der Waals surface area contributed by atoms with Crippen LogP contribution in [0.3, 0.4) is 0 Å². The Hall–Kier alpha value is -0.840. The standard InChI is InChI=1S/C20H35N3O/c1-17-4-5-18(2)20(16-19(17)3)23-10-8-21(9-11-23)6-7-22-12-14-24-15-13-22/h16-17H,4-15H2,1-3H3. The van der Waals surface area contributed by atoms with Crippen LogP contribution in [0.1, 0.15) is 33.6 Å². The van der Waals surface area contributed by atoms with Crippen LogP contribution in [0.25, 0.3) is 0 Å². The van der Waals surface area contributed by atoms with Crippen molar-refractivity contribution in [1.82, 2.24) is 14.7 Å². The van der Waals surface area contributed by atoms with Gasteiger partial charge >= 0.3 is 0 Å². The van der Waals surface area contributed by atoms with Gasteiger partial charge in [-0.15, -0.1) is 0 Å². The molecule has 2 saturated heterocycles. The highest BCUT2D eigenvalue weighted by Crippen LogP contribution is 2.29. The molecule has 0 bridgehead atoms. The van der Waals surface area contributed by atoms with E-state index in [1.54, 1.807) is 11.1 Å². The summed E-state index contributed by atoms with van der Waals surface area (Å²) in [6.45, 7) is 18.2. The van der Waals surface area contributed by atoms with E-state index in [2.05, 4.69) is 41.5 Å². The minimum Gasteiger partial charge on any atom is -0.379 e. The van der Waals surface area contributed by atoms with Gasteiger partial charge in [-0.2, -0.15) is 0 Å². The zero-order valence-corrected chi connectivity index (χ0v) is 15.9. The third-order valence-electron chi connectivity index (χ3n) is 6.08. The average Bonchev–Trinajstić information content (AvgIpc) is 2.75. The van der Waals surface area contributed by atoms with Crippen LogP contribution in [0, 0.1) is 5.92 Å². The topological polar surface area (TPSA) is 19.0 Å². The Kier molecular flexibility index (Phi) is 6.37. The van der Waals surface area contributed by atoms with E-state index in [4.69, 9.17) is 4.74 Å². The third kappa shape index (κ3) is 4.62. The van der Waals surface area contributed by atoms with Gasteiger partial charge in [-0.25, -0.2) is 0 Å². The summed E-state index contributed by atoms with van der Waals surface area (Å²) in [6, 6.07) is 0. The zero-order chi connectivity index (χ0) is 16.9. The molecule has 0 saturated carbocycles. The smallest absolute Gasteiger partial charge is 0.0594 e. The quantitative estimate of drug-likeness (QED) is 0.787. The minimum atomic E-state index is 0.729. The summed E-state index contributed by atoms with van der Waals surface area (Å²) in [5.74, 6) is 0.729. The second kappa shape index (κ2) is 8.50. The number of nitrogens with zero attached hydrogens (tertiary/aromatic N) is 3. The van der Waals surface area contributed by atoms with E-state index in [0.717, 1.165) is 32.2 Å². The fraction of sp³-hybridized carbons (Fsp3) is 0.800. The van der Waals surface area contributed by atoms with Crippen LogP contribution in [0.4, 0.5) is 0 Å². The molecule has 3 rings (SSSR count). The lowest BCUT2D eigenvalue weighted by atomic mass is 9.98. The maximum Gasteiger partial charge on any atom is 0.0594 e. The first-order chi connectivity index (χ1) is 11.6. The second-order valence-corrected chi connectivity index (χ2v) is 7.78. The van der Waals surface area contributed by atoms with Crippen LogP contribution in [0.2, 0.25) is 0 Å². The van der Waals surface area contributed by atoms with Gasteiger partial charge in [0.05, 0.1) is 13.2 Å². The highest BCUT2D eigenvalue weighted by atomic mass is 16.5. The second-order valence-electron chi connectivity index (χ2n) is 7.78. The van der Waals surface area contributed by atoms with E-state index >= 15 is 0 Å². The minimum absolute atomic E-state index is 0.729. The van der Waals surface area contributed by atoms with Gasteiger partial charge in [-0.1, -0.05) is 12.5 Å². The first-order valence-corrected chi connectivity index (χ1v) is 9.79. The van der Waals surface area contributed by atoms with E-state index in [1.807, 2.05) is 0 Å². The van der Waals surface area contributed by atoms with Crippen molar-refractivity contribution in [2.24, 2.45) is 5.92 Å². The molecule has 136 valence electrons. The summed E-state index contributed by atoms with van der Waals surface area (Å²) in [6.07, 6.45) is 5.02. The SMILES string of the molecule is CC1=CC(N2CCN(CCN3CCOCC3)CC2)=C(C)CCC1C. The number of morpholine rings is 1. The molecule has 0 aromatic rings. The molecule has 0 N–H and O–H groups in total. The molecule has 0 aromatic heterocycles. The van der Waals surface area contributed by atoms with E-state index in [1.165, 1.54) is 57.8 Å². The molecule has 1 aliphatic carbocycles. The Bertz CT molecular complexity index is 471. The van der Waals surface area contributed by atoms with Crippen molar-refractivity contribution in [3.8, 4) is 0 Å². The monoisotopic (exact) mass is 333 g/mol. The molecule has 0 amide bonds. The Morgan fingerprint density at radius 1 is 0.958 bits per heavy atom. The number of piperazine rings is 1. The lowest BCUT2D eigenvalue weighted by molar-refractivity contribution is 0.0309. The summed E-state index contributed by atoms with van der Waals surface area (Å²) in [7, 11) is 0. The van der Waals surface area contributed by atoms with Crippen LogP contribution < -0.4 is 0 Å². The van der Waals surface area contributed by atoms with Gasteiger partial charge in [0.1, 0.15) is 0 Å². The first kappa shape index (κ1) is 18.0. The summed E-state index contributed by atoms with van der Waals surface area (Å²) in [5, 5.41) is 0. The zero-order valence-electron chi connectivity index (χ0n) is 15.9. The Balaban J connectivity index is 1.49. The van der Waals surface area contributed by atoms with Gasteiger partial charge in [0, 0.05) is 58.1 Å². The van der Waals surface area contributed by atoms with Crippen molar-refractivity contribution in [1.29, 1.82) is 0 Å². The third-order valence-corrected chi connectivity index (χ3v) is 6.08. The number of hydrogen-bond donors (Lipinski definition) is 0. The summed E-state index contributed by atoms with van der Waals surface area (Å²) < 4.78 is 5.44. The largest absolute Gasteiger partial charge is 0.379 e. The van der Waals surface area contributed by atoms with Crippen LogP contribution >= 0.6 is 0 Å². The Morgan fingerprint density at radius 3 is 2.25 bits per heavy atom. The number of allylic oxidation sites excluding steroid dienone is 3. The fourth-order valence-corrected chi connectivity index (χ4v) is 3.95. The van der Waals surface area contributed by atoms with E-state index in [9.17, 15) is 0 Å². The van der Waals surface area contributed by atoms with Crippen LogP contribution in [0.5, 0.6) is 0 Å². The molecule has 4 nitrogen and oxygen atoms in total. The van der Waals surface area contributed by atoms with Gasteiger partial charge < -0.3 is 9.64 Å². The summed E-state index contributed by atoms with van der Waals surface area (Å²) >= 11 is 0. The maximum absolute atomic E-state index is 5.44. The van der Waals surface area contributed by atoms with Crippen molar-refractivity contribution in [2.75, 3.05) is 65.6 Å². The molecule has 4 heteroatoms. The van der Waals surface area contributed by atoms with Gasteiger partial charge in [0.15, 0.2) is 0 Å². The van der Waals surface area contributed by atoms with Crippen LogP contribution in [-0.4, -0.2) is 80.3 Å². The summed E-state index contributed by atoms with van der Waals surface area (Å²) in [5.41, 5.74) is 4.65. The van der Waals surface area contributed by atoms with E-state index in [0.29, 0.717) is 0 Å². The predicted molar refractivity (Wildman–Crippen MR) is 100 cm³/mol. The highest BCUT2D eigenvalue weighted by molar-refractivity contribution is 5.30. The number of rotatable bonds is 4. The molecule has 2 fully saturated rings.